The van der Waals surface area contributed by atoms with Gasteiger partial charge in [-0.15, -0.1) is 0 Å². The van der Waals surface area contributed by atoms with Crippen molar-refractivity contribution in [3.8, 4) is 23.0 Å². The fourth-order valence-corrected chi connectivity index (χ4v) is 3.86. The van der Waals surface area contributed by atoms with Gasteiger partial charge in [0.1, 0.15) is 17.8 Å². The Balaban J connectivity index is 1.32. The molecule has 33 heavy (non-hydrogen) atoms. The van der Waals surface area contributed by atoms with Crippen molar-refractivity contribution in [2.75, 3.05) is 6.79 Å². The number of furan rings is 1. The van der Waals surface area contributed by atoms with Gasteiger partial charge in [0.15, 0.2) is 22.9 Å². The molecule has 4 aromatic heterocycles. The Morgan fingerprint density at radius 1 is 1.06 bits per heavy atom. The molecule has 5 aromatic rings. The molecular formula is C23H17N5O5. The van der Waals surface area contributed by atoms with Gasteiger partial charge in [0, 0.05) is 18.8 Å². The molecule has 6 rings (SSSR count). The topological polar surface area (TPSA) is 113 Å². The summed E-state index contributed by atoms with van der Waals surface area (Å²) in [7, 11) is 0. The highest BCUT2D eigenvalue weighted by Gasteiger charge is 2.18. The first-order valence-electron chi connectivity index (χ1n) is 10.2. The van der Waals surface area contributed by atoms with E-state index in [0.29, 0.717) is 39.6 Å². The first-order valence-corrected chi connectivity index (χ1v) is 10.2. The van der Waals surface area contributed by atoms with Crippen LogP contribution in [0.15, 0.2) is 70.2 Å². The highest BCUT2D eigenvalue weighted by molar-refractivity contribution is 5.81. The standard InChI is InChI=1S/C23H17N5O5/c29-21(25-11-14-5-6-19-20(9-14)33-13-32-19)12-27-16-3-1-7-24-22(16)28-17(23(27)30)10-15(26-28)18-4-2-8-31-18/h1-10H,11-13H2,(H,25,29). The number of carbonyl (C=O) groups excluding carboxylic acids is 1. The van der Waals surface area contributed by atoms with Gasteiger partial charge in [-0.1, -0.05) is 6.07 Å². The maximum Gasteiger partial charge on any atom is 0.277 e. The van der Waals surface area contributed by atoms with Crippen molar-refractivity contribution in [2.24, 2.45) is 0 Å². The van der Waals surface area contributed by atoms with Gasteiger partial charge in [0.2, 0.25) is 12.7 Å². The third kappa shape index (κ3) is 3.28. The lowest BCUT2D eigenvalue weighted by Gasteiger charge is -2.11. The predicted octanol–water partition coefficient (Wildman–Crippen LogP) is 2.35. The minimum Gasteiger partial charge on any atom is -0.463 e. The average Bonchev–Trinajstić information content (AvgIpc) is 3.60. The van der Waals surface area contributed by atoms with Crippen molar-refractivity contribution >= 4 is 22.6 Å². The van der Waals surface area contributed by atoms with Gasteiger partial charge in [-0.2, -0.15) is 5.10 Å². The quantitative estimate of drug-likeness (QED) is 0.444. The van der Waals surface area contributed by atoms with Crippen LogP contribution in [-0.4, -0.2) is 31.9 Å². The van der Waals surface area contributed by atoms with E-state index in [1.165, 1.54) is 9.08 Å². The van der Waals surface area contributed by atoms with E-state index in [1.807, 2.05) is 12.1 Å². The molecule has 164 valence electrons. The van der Waals surface area contributed by atoms with E-state index in [2.05, 4.69) is 15.4 Å². The maximum atomic E-state index is 13.3. The summed E-state index contributed by atoms with van der Waals surface area (Å²) >= 11 is 0. The summed E-state index contributed by atoms with van der Waals surface area (Å²) in [6.45, 7) is 0.315. The lowest BCUT2D eigenvalue weighted by Crippen LogP contribution is -2.33. The van der Waals surface area contributed by atoms with Crippen LogP contribution in [0.4, 0.5) is 0 Å². The second-order valence-electron chi connectivity index (χ2n) is 7.51. The SMILES string of the molecule is O=C(Cn1c(=O)c2cc(-c3ccco3)nn2c2ncccc21)NCc1ccc2c(c1)OCO2. The Morgan fingerprint density at radius 3 is 2.85 bits per heavy atom. The summed E-state index contributed by atoms with van der Waals surface area (Å²) in [6, 6.07) is 14.1. The average molecular weight is 443 g/mol. The second kappa shape index (κ2) is 7.52. The molecule has 1 N–H and O–H groups in total. The van der Waals surface area contributed by atoms with Gasteiger partial charge < -0.3 is 19.2 Å². The molecule has 10 heteroatoms. The summed E-state index contributed by atoms with van der Waals surface area (Å²) in [5.41, 5.74) is 2.29. The van der Waals surface area contributed by atoms with Crippen molar-refractivity contribution in [1.82, 2.24) is 24.5 Å². The zero-order valence-electron chi connectivity index (χ0n) is 17.2. The number of nitrogens with one attached hydrogen (secondary N) is 1. The number of carbonyl (C=O) groups is 1. The van der Waals surface area contributed by atoms with Crippen LogP contribution in [0.5, 0.6) is 11.5 Å². The van der Waals surface area contributed by atoms with Crippen molar-refractivity contribution < 1.29 is 18.7 Å². The Hall–Kier alpha value is -4.60. The minimum atomic E-state index is -0.348. The van der Waals surface area contributed by atoms with Crippen LogP contribution in [-0.2, 0) is 17.9 Å². The molecule has 0 saturated heterocycles. The fraction of sp³-hybridized carbons (Fsp3) is 0.130. The van der Waals surface area contributed by atoms with Crippen molar-refractivity contribution in [3.05, 3.63) is 76.9 Å². The summed E-state index contributed by atoms with van der Waals surface area (Å²) in [5.74, 6) is 1.55. The molecule has 0 unspecified atom stereocenters. The number of ether oxygens (including phenoxy) is 2. The molecule has 0 aliphatic carbocycles. The largest absolute Gasteiger partial charge is 0.463 e. The fourth-order valence-electron chi connectivity index (χ4n) is 3.86. The molecule has 1 aliphatic heterocycles. The van der Waals surface area contributed by atoms with Gasteiger partial charge in [-0.25, -0.2) is 9.50 Å². The lowest BCUT2D eigenvalue weighted by atomic mass is 10.2. The van der Waals surface area contributed by atoms with Gasteiger partial charge >= 0.3 is 0 Å². The maximum absolute atomic E-state index is 13.3. The van der Waals surface area contributed by atoms with Crippen molar-refractivity contribution in [3.63, 3.8) is 0 Å². The first-order chi connectivity index (χ1) is 16.2. The molecule has 10 nitrogen and oxygen atoms in total. The van der Waals surface area contributed by atoms with Gasteiger partial charge in [0.05, 0.1) is 11.8 Å². The van der Waals surface area contributed by atoms with E-state index in [0.717, 1.165) is 5.56 Å². The van der Waals surface area contributed by atoms with Crippen molar-refractivity contribution in [2.45, 2.75) is 13.1 Å². The van der Waals surface area contributed by atoms with Crippen LogP contribution in [0.3, 0.4) is 0 Å². The number of rotatable bonds is 5. The molecule has 0 spiro atoms. The molecule has 5 heterocycles. The van der Waals surface area contributed by atoms with E-state index in [4.69, 9.17) is 13.9 Å². The number of hydrogen-bond donors (Lipinski definition) is 1. The molecular weight excluding hydrogens is 426 g/mol. The lowest BCUT2D eigenvalue weighted by molar-refractivity contribution is -0.121. The van der Waals surface area contributed by atoms with Crippen LogP contribution in [0.2, 0.25) is 0 Å². The Bertz CT molecular complexity index is 1570. The van der Waals surface area contributed by atoms with E-state index in [-0.39, 0.29) is 31.3 Å². The normalized spacial score (nSPS) is 12.5. The van der Waals surface area contributed by atoms with Crippen LogP contribution < -0.4 is 20.3 Å². The number of benzene rings is 1. The Morgan fingerprint density at radius 2 is 1.97 bits per heavy atom. The number of amides is 1. The van der Waals surface area contributed by atoms with Gasteiger partial charge in [-0.3, -0.25) is 14.2 Å². The first kappa shape index (κ1) is 19.1. The molecule has 0 atom stereocenters. The van der Waals surface area contributed by atoms with E-state index in [1.54, 1.807) is 48.9 Å². The molecule has 0 radical (unpaired) electrons. The zero-order valence-corrected chi connectivity index (χ0v) is 17.2. The third-order valence-electron chi connectivity index (χ3n) is 5.43. The minimum absolute atomic E-state index is 0.163. The molecule has 1 aliphatic rings. The Labute approximate surface area is 186 Å². The molecule has 1 amide bonds. The number of pyridine rings is 1. The summed E-state index contributed by atoms with van der Waals surface area (Å²) in [4.78, 5) is 30.4. The third-order valence-corrected chi connectivity index (χ3v) is 5.43. The summed E-state index contributed by atoms with van der Waals surface area (Å²) in [6.07, 6.45) is 3.16. The molecule has 0 bridgehead atoms. The summed E-state index contributed by atoms with van der Waals surface area (Å²) in [5, 5.41) is 7.35. The van der Waals surface area contributed by atoms with E-state index >= 15 is 0 Å². The van der Waals surface area contributed by atoms with E-state index in [9.17, 15) is 9.59 Å². The van der Waals surface area contributed by atoms with Gasteiger partial charge in [-0.05, 0) is 42.0 Å². The highest BCUT2D eigenvalue weighted by Crippen LogP contribution is 2.32. The smallest absolute Gasteiger partial charge is 0.277 e. The molecule has 1 aromatic carbocycles. The van der Waals surface area contributed by atoms with Crippen LogP contribution in [0.1, 0.15) is 5.56 Å². The summed E-state index contributed by atoms with van der Waals surface area (Å²) < 4.78 is 19.0. The van der Waals surface area contributed by atoms with E-state index < -0.39 is 0 Å². The predicted molar refractivity (Wildman–Crippen MR) is 117 cm³/mol. The van der Waals surface area contributed by atoms with Crippen LogP contribution in [0.25, 0.3) is 28.1 Å². The number of aromatic nitrogens is 4. The molecule has 0 fully saturated rings. The van der Waals surface area contributed by atoms with Crippen molar-refractivity contribution in [1.29, 1.82) is 0 Å². The second-order valence-corrected chi connectivity index (χ2v) is 7.51. The van der Waals surface area contributed by atoms with Crippen LogP contribution >= 0.6 is 0 Å². The van der Waals surface area contributed by atoms with Gasteiger partial charge in [0.25, 0.3) is 5.56 Å². The number of nitrogens with zero attached hydrogens (tertiary/aromatic N) is 4. The zero-order chi connectivity index (χ0) is 22.4. The molecule has 0 saturated carbocycles. The highest BCUT2D eigenvalue weighted by atomic mass is 16.7. The number of fused-ring (bicyclic) bond motifs is 4. The number of hydrogen-bond acceptors (Lipinski definition) is 7. The Kier molecular flexibility index (Phi) is 4.35. The van der Waals surface area contributed by atoms with Crippen LogP contribution in [0, 0.1) is 0 Å². The monoisotopic (exact) mass is 443 g/mol.